The van der Waals surface area contributed by atoms with E-state index in [1.54, 1.807) is 0 Å². The largest absolute Gasteiger partial charge is 0.395 e. The summed E-state index contributed by atoms with van der Waals surface area (Å²) in [6, 6.07) is 0.882. The molecule has 0 spiro atoms. The normalized spacial score (nSPS) is 27.8. The molecule has 96 valence electrons. The monoisotopic (exact) mass is 227 g/mol. The lowest BCUT2D eigenvalue weighted by Gasteiger charge is -2.27. The summed E-state index contributed by atoms with van der Waals surface area (Å²) >= 11 is 0. The summed E-state index contributed by atoms with van der Waals surface area (Å²) in [5.74, 6) is 0.515. The first-order valence-electron chi connectivity index (χ1n) is 6.81. The van der Waals surface area contributed by atoms with Crippen molar-refractivity contribution in [2.75, 3.05) is 6.61 Å². The Morgan fingerprint density at radius 3 is 2.50 bits per heavy atom. The molecule has 0 amide bonds. The first-order valence-corrected chi connectivity index (χ1v) is 6.81. The van der Waals surface area contributed by atoms with Gasteiger partial charge in [0, 0.05) is 12.1 Å². The standard InChI is InChI=1S/C14H29NO/c1-11(2)13(10-16)15-12-6-5-8-14(3,4)9-7-12/h11-13,15-16H,5-10H2,1-4H3. The van der Waals surface area contributed by atoms with E-state index in [9.17, 15) is 5.11 Å². The third kappa shape index (κ3) is 4.42. The Hall–Kier alpha value is -0.0800. The molecule has 2 heteroatoms. The van der Waals surface area contributed by atoms with Crippen molar-refractivity contribution in [2.24, 2.45) is 11.3 Å². The summed E-state index contributed by atoms with van der Waals surface area (Å²) in [7, 11) is 0. The first kappa shape index (κ1) is 14.0. The SMILES string of the molecule is CC(C)C(CO)NC1CCCC(C)(C)CC1. The number of rotatable bonds is 4. The van der Waals surface area contributed by atoms with Crippen LogP contribution in [0.1, 0.15) is 59.8 Å². The van der Waals surface area contributed by atoms with Crippen molar-refractivity contribution in [2.45, 2.75) is 71.9 Å². The number of hydrogen-bond acceptors (Lipinski definition) is 2. The van der Waals surface area contributed by atoms with Crippen LogP contribution < -0.4 is 5.32 Å². The second-order valence-corrected chi connectivity index (χ2v) is 6.49. The van der Waals surface area contributed by atoms with Crippen molar-refractivity contribution in [3.8, 4) is 0 Å². The minimum absolute atomic E-state index is 0.261. The first-order chi connectivity index (χ1) is 7.44. The Bertz CT molecular complexity index is 201. The van der Waals surface area contributed by atoms with Crippen LogP contribution in [0.25, 0.3) is 0 Å². The van der Waals surface area contributed by atoms with Crippen LogP contribution in [0.15, 0.2) is 0 Å². The number of nitrogens with one attached hydrogen (secondary N) is 1. The molecule has 2 nitrogen and oxygen atoms in total. The minimum atomic E-state index is 0.261. The van der Waals surface area contributed by atoms with E-state index >= 15 is 0 Å². The highest BCUT2D eigenvalue weighted by atomic mass is 16.3. The zero-order valence-corrected chi connectivity index (χ0v) is 11.4. The molecular formula is C14H29NO. The van der Waals surface area contributed by atoms with E-state index < -0.39 is 0 Å². The Labute approximate surface area is 101 Å². The van der Waals surface area contributed by atoms with Gasteiger partial charge in [0.1, 0.15) is 0 Å². The molecule has 0 radical (unpaired) electrons. The summed E-state index contributed by atoms with van der Waals surface area (Å²) < 4.78 is 0. The maximum absolute atomic E-state index is 9.34. The lowest BCUT2D eigenvalue weighted by atomic mass is 9.85. The van der Waals surface area contributed by atoms with Crippen LogP contribution in [0.2, 0.25) is 0 Å². The molecule has 1 aliphatic rings. The van der Waals surface area contributed by atoms with Gasteiger partial charge in [0.15, 0.2) is 0 Å². The summed E-state index contributed by atoms with van der Waals surface area (Å²) in [5.41, 5.74) is 0.517. The predicted molar refractivity (Wildman–Crippen MR) is 69.5 cm³/mol. The van der Waals surface area contributed by atoms with E-state index in [1.807, 2.05) is 0 Å². The molecule has 2 unspecified atom stereocenters. The molecule has 2 N–H and O–H groups in total. The maximum Gasteiger partial charge on any atom is 0.0587 e. The van der Waals surface area contributed by atoms with Crippen molar-refractivity contribution < 1.29 is 5.11 Å². The van der Waals surface area contributed by atoms with E-state index in [4.69, 9.17) is 0 Å². The van der Waals surface area contributed by atoms with Gasteiger partial charge in [0.25, 0.3) is 0 Å². The molecule has 0 heterocycles. The molecule has 0 bridgehead atoms. The Morgan fingerprint density at radius 1 is 1.25 bits per heavy atom. The third-order valence-electron chi connectivity index (χ3n) is 4.03. The number of hydrogen-bond donors (Lipinski definition) is 2. The fourth-order valence-corrected chi connectivity index (χ4v) is 2.59. The van der Waals surface area contributed by atoms with Gasteiger partial charge in [-0.05, 0) is 37.0 Å². The van der Waals surface area contributed by atoms with E-state index in [-0.39, 0.29) is 12.6 Å². The minimum Gasteiger partial charge on any atom is -0.395 e. The predicted octanol–water partition coefficient (Wildman–Crippen LogP) is 2.95. The third-order valence-corrected chi connectivity index (χ3v) is 4.03. The van der Waals surface area contributed by atoms with Crippen molar-refractivity contribution >= 4 is 0 Å². The molecule has 1 aliphatic carbocycles. The molecule has 0 aromatic rings. The molecular weight excluding hydrogens is 198 g/mol. The molecule has 2 atom stereocenters. The topological polar surface area (TPSA) is 32.3 Å². The maximum atomic E-state index is 9.34. The summed E-state index contributed by atoms with van der Waals surface area (Å²) in [6.07, 6.45) is 6.50. The van der Waals surface area contributed by atoms with Gasteiger partial charge in [-0.2, -0.15) is 0 Å². The second-order valence-electron chi connectivity index (χ2n) is 6.49. The highest BCUT2D eigenvalue weighted by Crippen LogP contribution is 2.33. The van der Waals surface area contributed by atoms with Crippen molar-refractivity contribution in [1.82, 2.24) is 5.32 Å². The van der Waals surface area contributed by atoms with Gasteiger partial charge in [-0.15, -0.1) is 0 Å². The smallest absolute Gasteiger partial charge is 0.0587 e. The summed E-state index contributed by atoms with van der Waals surface area (Å²) in [4.78, 5) is 0. The lowest BCUT2D eigenvalue weighted by Crippen LogP contribution is -2.43. The lowest BCUT2D eigenvalue weighted by molar-refractivity contribution is 0.193. The highest BCUT2D eigenvalue weighted by Gasteiger charge is 2.25. The molecule has 0 aromatic heterocycles. The van der Waals surface area contributed by atoms with E-state index in [2.05, 4.69) is 33.0 Å². The van der Waals surface area contributed by atoms with E-state index in [0.717, 1.165) is 0 Å². The molecule has 0 saturated heterocycles. The second kappa shape index (κ2) is 6.02. The quantitative estimate of drug-likeness (QED) is 0.724. The Morgan fingerprint density at radius 2 is 1.94 bits per heavy atom. The molecule has 1 fully saturated rings. The average Bonchev–Trinajstić information content (AvgIpc) is 2.36. The zero-order chi connectivity index (χ0) is 12.2. The number of aliphatic hydroxyl groups excluding tert-OH is 1. The van der Waals surface area contributed by atoms with Gasteiger partial charge in [0.2, 0.25) is 0 Å². The zero-order valence-electron chi connectivity index (χ0n) is 11.4. The van der Waals surface area contributed by atoms with Gasteiger partial charge in [-0.25, -0.2) is 0 Å². The Kier molecular flexibility index (Phi) is 5.26. The van der Waals surface area contributed by atoms with Crippen LogP contribution in [0.3, 0.4) is 0 Å². The van der Waals surface area contributed by atoms with Crippen LogP contribution in [0, 0.1) is 11.3 Å². The van der Waals surface area contributed by atoms with Crippen molar-refractivity contribution in [3.63, 3.8) is 0 Å². The van der Waals surface area contributed by atoms with E-state index in [1.165, 1.54) is 32.1 Å². The van der Waals surface area contributed by atoms with Crippen LogP contribution in [0.5, 0.6) is 0 Å². The van der Waals surface area contributed by atoms with E-state index in [0.29, 0.717) is 17.4 Å². The van der Waals surface area contributed by atoms with Crippen LogP contribution in [-0.4, -0.2) is 23.8 Å². The fraction of sp³-hybridized carbons (Fsp3) is 1.00. The van der Waals surface area contributed by atoms with Crippen LogP contribution >= 0.6 is 0 Å². The molecule has 16 heavy (non-hydrogen) atoms. The summed E-state index contributed by atoms with van der Waals surface area (Å²) in [6.45, 7) is 9.36. The van der Waals surface area contributed by atoms with Gasteiger partial charge < -0.3 is 10.4 Å². The number of aliphatic hydroxyl groups is 1. The van der Waals surface area contributed by atoms with Gasteiger partial charge >= 0.3 is 0 Å². The van der Waals surface area contributed by atoms with Crippen LogP contribution in [0.4, 0.5) is 0 Å². The van der Waals surface area contributed by atoms with Gasteiger partial charge in [-0.1, -0.05) is 34.1 Å². The van der Waals surface area contributed by atoms with Crippen LogP contribution in [-0.2, 0) is 0 Å². The summed E-state index contributed by atoms with van der Waals surface area (Å²) in [5, 5.41) is 13.0. The van der Waals surface area contributed by atoms with Gasteiger partial charge in [0.05, 0.1) is 6.61 Å². The molecule has 1 rings (SSSR count). The average molecular weight is 227 g/mol. The highest BCUT2D eigenvalue weighted by molar-refractivity contribution is 4.82. The molecule has 0 aliphatic heterocycles. The van der Waals surface area contributed by atoms with Crippen molar-refractivity contribution in [1.29, 1.82) is 0 Å². The molecule has 1 saturated carbocycles. The fourth-order valence-electron chi connectivity index (χ4n) is 2.59. The van der Waals surface area contributed by atoms with Crippen molar-refractivity contribution in [3.05, 3.63) is 0 Å². The molecule has 0 aromatic carbocycles. The van der Waals surface area contributed by atoms with Gasteiger partial charge in [-0.3, -0.25) is 0 Å². The Balaban J connectivity index is 2.43.